The molecule has 2 aromatic carbocycles. The Bertz CT molecular complexity index is 549. The zero-order chi connectivity index (χ0) is 13.1. The highest BCUT2D eigenvalue weighted by Crippen LogP contribution is 2.33. The number of alkyl halides is 1. The zero-order valence-corrected chi connectivity index (χ0v) is 12.1. The van der Waals surface area contributed by atoms with E-state index >= 15 is 0 Å². The van der Waals surface area contributed by atoms with Crippen LogP contribution in [0.3, 0.4) is 0 Å². The highest BCUT2D eigenvalue weighted by atomic mass is 35.5. The summed E-state index contributed by atoms with van der Waals surface area (Å²) in [6, 6.07) is 10.3. The first kappa shape index (κ1) is 13.8. The Balaban J connectivity index is 2.28. The van der Waals surface area contributed by atoms with E-state index in [2.05, 4.69) is 0 Å². The lowest BCUT2D eigenvalue weighted by molar-refractivity contribution is 0.483. The summed E-state index contributed by atoms with van der Waals surface area (Å²) in [5.74, 6) is 1.47. The molecule has 0 aliphatic carbocycles. The van der Waals surface area contributed by atoms with Crippen LogP contribution in [0.15, 0.2) is 36.4 Å². The van der Waals surface area contributed by atoms with Gasteiger partial charge in [-0.1, -0.05) is 40.9 Å². The minimum absolute atomic E-state index is 0.406. The number of hydrogen-bond donors (Lipinski definition) is 0. The smallest absolute Gasteiger partial charge is 0.146 e. The van der Waals surface area contributed by atoms with Crippen LogP contribution in [0, 0.1) is 0 Å². The number of halogens is 4. The van der Waals surface area contributed by atoms with E-state index in [1.807, 2.05) is 6.07 Å². The van der Waals surface area contributed by atoms with Crippen molar-refractivity contribution in [1.82, 2.24) is 0 Å². The second kappa shape index (κ2) is 6.03. The second-order valence-electron chi connectivity index (χ2n) is 3.61. The number of hydrogen-bond acceptors (Lipinski definition) is 1. The molecule has 0 aromatic heterocycles. The summed E-state index contributed by atoms with van der Waals surface area (Å²) in [7, 11) is 0. The van der Waals surface area contributed by atoms with E-state index in [1.165, 1.54) is 0 Å². The molecule has 0 amide bonds. The molecule has 5 heteroatoms. The molecule has 0 atom stereocenters. The zero-order valence-electron chi connectivity index (χ0n) is 9.09. The largest absolute Gasteiger partial charge is 0.456 e. The van der Waals surface area contributed by atoms with E-state index in [1.54, 1.807) is 30.3 Å². The third-order valence-corrected chi connectivity index (χ3v) is 3.25. The van der Waals surface area contributed by atoms with Gasteiger partial charge in [0, 0.05) is 15.9 Å². The van der Waals surface area contributed by atoms with Crippen molar-refractivity contribution in [2.75, 3.05) is 0 Å². The first-order valence-corrected chi connectivity index (χ1v) is 6.73. The summed E-state index contributed by atoms with van der Waals surface area (Å²) in [5, 5.41) is 1.50. The van der Waals surface area contributed by atoms with Gasteiger partial charge in [-0.25, -0.2) is 0 Å². The molecule has 0 aliphatic heterocycles. The average Bonchev–Trinajstić information content (AvgIpc) is 2.30. The molecule has 0 saturated heterocycles. The minimum Gasteiger partial charge on any atom is -0.456 e. The second-order valence-corrected chi connectivity index (χ2v) is 5.15. The fourth-order valence-electron chi connectivity index (χ4n) is 1.42. The van der Waals surface area contributed by atoms with Gasteiger partial charge in [0.2, 0.25) is 0 Å². The molecule has 0 spiro atoms. The number of rotatable bonds is 3. The maximum absolute atomic E-state index is 6.09. The summed E-state index contributed by atoms with van der Waals surface area (Å²) >= 11 is 23.6. The van der Waals surface area contributed by atoms with Crippen LogP contribution in [-0.4, -0.2) is 0 Å². The molecule has 0 aliphatic rings. The van der Waals surface area contributed by atoms with Crippen molar-refractivity contribution in [3.63, 3.8) is 0 Å². The van der Waals surface area contributed by atoms with E-state index in [9.17, 15) is 0 Å². The van der Waals surface area contributed by atoms with Crippen molar-refractivity contribution >= 4 is 46.4 Å². The summed E-state index contributed by atoms with van der Waals surface area (Å²) in [5.41, 5.74) is 0.929. The summed E-state index contributed by atoms with van der Waals surface area (Å²) in [6.07, 6.45) is 0. The Labute approximate surface area is 125 Å². The lowest BCUT2D eigenvalue weighted by Crippen LogP contribution is -1.87. The van der Waals surface area contributed by atoms with Crippen LogP contribution in [0.2, 0.25) is 15.1 Å². The SMILES string of the molecule is ClCc1ccc(Oc2cc(Cl)cc(Cl)c2)c(Cl)c1. The Morgan fingerprint density at radius 2 is 1.56 bits per heavy atom. The van der Waals surface area contributed by atoms with Crippen LogP contribution >= 0.6 is 46.4 Å². The first-order valence-electron chi connectivity index (χ1n) is 5.07. The summed E-state index contributed by atoms with van der Waals surface area (Å²) in [4.78, 5) is 0. The average molecular weight is 322 g/mol. The van der Waals surface area contributed by atoms with Gasteiger partial charge in [0.05, 0.1) is 5.02 Å². The highest BCUT2D eigenvalue weighted by molar-refractivity contribution is 6.35. The maximum Gasteiger partial charge on any atom is 0.146 e. The van der Waals surface area contributed by atoms with Crippen LogP contribution in [0.1, 0.15) is 5.56 Å². The molecular formula is C13H8Cl4O. The van der Waals surface area contributed by atoms with Gasteiger partial charge < -0.3 is 4.74 Å². The van der Waals surface area contributed by atoms with E-state index in [0.717, 1.165) is 5.56 Å². The Hall–Kier alpha value is -0.600. The van der Waals surface area contributed by atoms with Crippen LogP contribution < -0.4 is 4.74 Å². The van der Waals surface area contributed by atoms with Crippen LogP contribution in [0.25, 0.3) is 0 Å². The Morgan fingerprint density at radius 3 is 2.11 bits per heavy atom. The molecule has 1 nitrogen and oxygen atoms in total. The van der Waals surface area contributed by atoms with Gasteiger partial charge in [0.25, 0.3) is 0 Å². The van der Waals surface area contributed by atoms with Gasteiger partial charge in [0.1, 0.15) is 11.5 Å². The van der Waals surface area contributed by atoms with Crippen LogP contribution in [0.4, 0.5) is 0 Å². The van der Waals surface area contributed by atoms with Gasteiger partial charge in [0.15, 0.2) is 0 Å². The molecular weight excluding hydrogens is 314 g/mol. The monoisotopic (exact) mass is 320 g/mol. The van der Waals surface area contributed by atoms with Gasteiger partial charge in [-0.15, -0.1) is 11.6 Å². The van der Waals surface area contributed by atoms with E-state index < -0.39 is 0 Å². The minimum atomic E-state index is 0.406. The predicted octanol–water partition coefficient (Wildman–Crippen LogP) is 6.18. The summed E-state index contributed by atoms with van der Waals surface area (Å²) < 4.78 is 5.63. The van der Waals surface area contributed by atoms with E-state index in [0.29, 0.717) is 32.4 Å². The topological polar surface area (TPSA) is 9.23 Å². The van der Waals surface area contributed by atoms with Crippen LogP contribution in [0.5, 0.6) is 11.5 Å². The van der Waals surface area contributed by atoms with Crippen molar-refractivity contribution in [3.8, 4) is 11.5 Å². The highest BCUT2D eigenvalue weighted by Gasteiger charge is 2.06. The molecule has 0 fully saturated rings. The molecule has 0 saturated carbocycles. The molecule has 0 radical (unpaired) electrons. The third-order valence-electron chi connectivity index (χ3n) is 2.21. The van der Waals surface area contributed by atoms with Crippen molar-refractivity contribution < 1.29 is 4.74 Å². The maximum atomic E-state index is 6.09. The van der Waals surface area contributed by atoms with Gasteiger partial charge in [-0.05, 0) is 35.9 Å². The van der Waals surface area contributed by atoms with E-state index in [-0.39, 0.29) is 0 Å². The van der Waals surface area contributed by atoms with E-state index in [4.69, 9.17) is 51.1 Å². The predicted molar refractivity (Wildman–Crippen MR) is 77.5 cm³/mol. The first-order chi connectivity index (χ1) is 8.58. The lowest BCUT2D eigenvalue weighted by Gasteiger charge is -2.09. The molecule has 2 rings (SSSR count). The quantitative estimate of drug-likeness (QED) is 0.613. The number of ether oxygens (including phenoxy) is 1. The van der Waals surface area contributed by atoms with Crippen molar-refractivity contribution in [2.24, 2.45) is 0 Å². The van der Waals surface area contributed by atoms with Gasteiger partial charge >= 0.3 is 0 Å². The van der Waals surface area contributed by atoms with Crippen molar-refractivity contribution in [1.29, 1.82) is 0 Å². The number of benzene rings is 2. The normalized spacial score (nSPS) is 10.4. The molecule has 0 bridgehead atoms. The fourth-order valence-corrected chi connectivity index (χ4v) is 2.34. The van der Waals surface area contributed by atoms with Crippen LogP contribution in [-0.2, 0) is 5.88 Å². The van der Waals surface area contributed by atoms with Gasteiger partial charge in [-0.2, -0.15) is 0 Å². The molecule has 0 heterocycles. The molecule has 94 valence electrons. The third kappa shape index (κ3) is 3.46. The Kier molecular flexibility index (Phi) is 4.63. The molecule has 0 unspecified atom stereocenters. The Morgan fingerprint density at radius 1 is 0.889 bits per heavy atom. The van der Waals surface area contributed by atoms with Gasteiger partial charge in [-0.3, -0.25) is 0 Å². The molecule has 2 aromatic rings. The summed E-state index contributed by atoms with van der Waals surface area (Å²) in [6.45, 7) is 0. The standard InChI is InChI=1S/C13H8Cl4O/c14-7-8-1-2-13(12(17)3-8)18-11-5-9(15)4-10(16)6-11/h1-6H,7H2. The lowest BCUT2D eigenvalue weighted by atomic mass is 10.2. The molecule has 0 N–H and O–H groups in total. The molecule has 18 heavy (non-hydrogen) atoms. The van der Waals surface area contributed by atoms with Crippen molar-refractivity contribution in [2.45, 2.75) is 5.88 Å². The van der Waals surface area contributed by atoms with Crippen molar-refractivity contribution in [3.05, 3.63) is 57.0 Å². The fraction of sp³-hybridized carbons (Fsp3) is 0.0769.